The highest BCUT2D eigenvalue weighted by Crippen LogP contribution is 2.38. The Bertz CT molecular complexity index is 1070. The Hall–Kier alpha value is -3.23. The first-order valence-electron chi connectivity index (χ1n) is 9.21. The summed E-state index contributed by atoms with van der Waals surface area (Å²) in [6.07, 6.45) is -1.63. The molecule has 1 saturated heterocycles. The van der Waals surface area contributed by atoms with Crippen LogP contribution in [0.2, 0.25) is 0 Å². The first-order chi connectivity index (χ1) is 13.8. The first kappa shape index (κ1) is 17.8. The van der Waals surface area contributed by atoms with Gasteiger partial charge < -0.3 is 0 Å². The molecule has 2 aromatic carbocycles. The van der Waals surface area contributed by atoms with E-state index in [0.29, 0.717) is 5.69 Å². The SMILES string of the molecule is O=C1[C@@H]2[C@@H](N=NN2c2cccc(C(F)(F)F)c2)C(=O)N1c1ccc2c(c1)CCC2. The average Bonchev–Trinajstić information content (AvgIpc) is 3.38. The normalized spacial score (nSPS) is 23.1. The monoisotopic (exact) mass is 400 g/mol. The highest BCUT2D eigenvalue weighted by molar-refractivity contribution is 6.26. The van der Waals surface area contributed by atoms with Gasteiger partial charge in [0.15, 0.2) is 12.1 Å². The number of fused-ring (bicyclic) bond motifs is 2. The molecule has 1 fully saturated rings. The predicted octanol–water partition coefficient (Wildman–Crippen LogP) is 3.69. The maximum atomic E-state index is 13.1. The molecule has 2 heterocycles. The van der Waals surface area contributed by atoms with Crippen LogP contribution >= 0.6 is 0 Å². The van der Waals surface area contributed by atoms with Crippen molar-refractivity contribution in [3.8, 4) is 0 Å². The Labute approximate surface area is 163 Å². The van der Waals surface area contributed by atoms with E-state index in [-0.39, 0.29) is 5.69 Å². The minimum atomic E-state index is -4.53. The number of carbonyl (C=O) groups is 2. The second-order valence-electron chi connectivity index (χ2n) is 7.31. The molecule has 9 heteroatoms. The van der Waals surface area contributed by atoms with Crippen LogP contribution in [0.4, 0.5) is 24.5 Å². The lowest BCUT2D eigenvalue weighted by Crippen LogP contribution is -2.40. The molecule has 2 aromatic rings. The van der Waals surface area contributed by atoms with Gasteiger partial charge in [-0.2, -0.15) is 18.3 Å². The average molecular weight is 400 g/mol. The molecule has 2 aliphatic heterocycles. The van der Waals surface area contributed by atoms with Crippen molar-refractivity contribution in [2.45, 2.75) is 37.5 Å². The molecule has 3 aliphatic rings. The van der Waals surface area contributed by atoms with Crippen LogP contribution in [0, 0.1) is 0 Å². The van der Waals surface area contributed by atoms with Gasteiger partial charge in [0.25, 0.3) is 11.8 Å². The molecule has 2 atom stereocenters. The molecule has 0 spiro atoms. The highest BCUT2D eigenvalue weighted by atomic mass is 19.4. The third-order valence-corrected chi connectivity index (χ3v) is 5.56. The number of amides is 2. The van der Waals surface area contributed by atoms with Crippen LogP contribution in [0.5, 0.6) is 0 Å². The molecule has 0 radical (unpaired) electrons. The van der Waals surface area contributed by atoms with E-state index >= 15 is 0 Å². The topological polar surface area (TPSA) is 65.3 Å². The van der Waals surface area contributed by atoms with E-state index in [9.17, 15) is 22.8 Å². The number of nitrogens with zero attached hydrogens (tertiary/aromatic N) is 4. The molecular weight excluding hydrogens is 385 g/mol. The largest absolute Gasteiger partial charge is 0.416 e. The van der Waals surface area contributed by atoms with Crippen LogP contribution in [-0.2, 0) is 28.6 Å². The van der Waals surface area contributed by atoms with Crippen LogP contribution in [0.1, 0.15) is 23.1 Å². The Morgan fingerprint density at radius 1 is 0.931 bits per heavy atom. The molecule has 0 unspecified atom stereocenters. The van der Waals surface area contributed by atoms with Gasteiger partial charge in [0.1, 0.15) is 0 Å². The number of anilines is 2. The molecule has 2 amide bonds. The lowest BCUT2D eigenvalue weighted by Gasteiger charge is -2.21. The summed E-state index contributed by atoms with van der Waals surface area (Å²) in [5, 5.41) is 8.81. The van der Waals surface area contributed by atoms with Crippen LogP contribution in [0.15, 0.2) is 52.8 Å². The lowest BCUT2D eigenvalue weighted by atomic mass is 10.1. The minimum absolute atomic E-state index is 0.0630. The van der Waals surface area contributed by atoms with E-state index in [1.807, 2.05) is 12.1 Å². The van der Waals surface area contributed by atoms with E-state index in [1.54, 1.807) is 6.07 Å². The van der Waals surface area contributed by atoms with Gasteiger partial charge in [-0.15, -0.1) is 0 Å². The Morgan fingerprint density at radius 2 is 1.72 bits per heavy atom. The summed E-state index contributed by atoms with van der Waals surface area (Å²) in [6.45, 7) is 0. The van der Waals surface area contributed by atoms with Crippen LogP contribution in [0.25, 0.3) is 0 Å². The second-order valence-corrected chi connectivity index (χ2v) is 7.31. The third kappa shape index (κ3) is 2.72. The van der Waals surface area contributed by atoms with E-state index in [2.05, 4.69) is 10.3 Å². The maximum Gasteiger partial charge on any atom is 0.416 e. The van der Waals surface area contributed by atoms with Crippen molar-refractivity contribution >= 4 is 23.2 Å². The molecule has 6 nitrogen and oxygen atoms in total. The van der Waals surface area contributed by atoms with E-state index in [1.165, 1.54) is 17.7 Å². The molecule has 148 valence electrons. The van der Waals surface area contributed by atoms with E-state index in [4.69, 9.17) is 0 Å². The smallest absolute Gasteiger partial charge is 0.271 e. The van der Waals surface area contributed by atoms with Crippen molar-refractivity contribution in [1.82, 2.24) is 0 Å². The zero-order chi connectivity index (χ0) is 20.3. The first-order valence-corrected chi connectivity index (χ1v) is 9.21. The van der Waals surface area contributed by atoms with Crippen molar-refractivity contribution in [3.63, 3.8) is 0 Å². The van der Waals surface area contributed by atoms with Gasteiger partial charge in [-0.3, -0.25) is 9.59 Å². The second kappa shape index (κ2) is 6.13. The van der Waals surface area contributed by atoms with Crippen molar-refractivity contribution in [2.75, 3.05) is 9.91 Å². The molecule has 29 heavy (non-hydrogen) atoms. The molecule has 1 aliphatic carbocycles. The molecular formula is C20H15F3N4O2. The van der Waals surface area contributed by atoms with Crippen molar-refractivity contribution in [1.29, 1.82) is 0 Å². The standard InChI is InChI=1S/C20H15F3N4O2/c21-20(22,23)13-5-2-6-15(10-13)27-17-16(24-25-27)18(28)26(19(17)29)14-8-7-11-3-1-4-12(11)9-14/h2,5-10,16-17H,1,3-4H2/t16-,17+/m1/s1. The molecule has 0 N–H and O–H groups in total. The highest BCUT2D eigenvalue weighted by Gasteiger charge is 2.55. The number of rotatable bonds is 2. The van der Waals surface area contributed by atoms with Crippen molar-refractivity contribution in [3.05, 3.63) is 59.2 Å². The number of aryl methyl sites for hydroxylation is 2. The number of carbonyl (C=O) groups excluding carboxylic acids is 2. The fraction of sp³-hybridized carbons (Fsp3) is 0.300. The van der Waals surface area contributed by atoms with Gasteiger partial charge >= 0.3 is 6.18 Å². The number of halogens is 3. The Morgan fingerprint density at radius 3 is 2.52 bits per heavy atom. The van der Waals surface area contributed by atoms with Crippen molar-refractivity contribution in [2.24, 2.45) is 10.3 Å². The van der Waals surface area contributed by atoms with Gasteiger partial charge in [-0.25, -0.2) is 9.91 Å². The summed E-state index contributed by atoms with van der Waals surface area (Å²) < 4.78 is 39.2. The number of imide groups is 1. The van der Waals surface area contributed by atoms with Gasteiger partial charge in [-0.05, 0) is 60.7 Å². The van der Waals surface area contributed by atoms with Crippen molar-refractivity contribution < 1.29 is 22.8 Å². The predicted molar refractivity (Wildman–Crippen MR) is 97.3 cm³/mol. The number of alkyl halides is 3. The fourth-order valence-electron chi connectivity index (χ4n) is 4.15. The van der Waals surface area contributed by atoms with Gasteiger partial charge in [0.05, 0.1) is 16.9 Å². The van der Waals surface area contributed by atoms with Crippen LogP contribution in [0.3, 0.4) is 0 Å². The number of hydrogen-bond acceptors (Lipinski definition) is 5. The fourth-order valence-corrected chi connectivity index (χ4v) is 4.15. The van der Waals surface area contributed by atoms with Gasteiger partial charge in [0.2, 0.25) is 0 Å². The molecule has 5 rings (SSSR count). The van der Waals surface area contributed by atoms with Gasteiger partial charge in [0, 0.05) is 0 Å². The molecule has 0 bridgehead atoms. The summed E-state index contributed by atoms with van der Waals surface area (Å²) in [4.78, 5) is 27.0. The Kier molecular flexibility index (Phi) is 3.77. The summed E-state index contributed by atoms with van der Waals surface area (Å²) in [5.41, 5.74) is 1.98. The lowest BCUT2D eigenvalue weighted by molar-refractivity contribution is -0.137. The van der Waals surface area contributed by atoms with E-state index < -0.39 is 35.6 Å². The maximum absolute atomic E-state index is 13.1. The third-order valence-electron chi connectivity index (χ3n) is 5.56. The summed E-state index contributed by atoms with van der Waals surface area (Å²) >= 11 is 0. The zero-order valence-electron chi connectivity index (χ0n) is 15.1. The van der Waals surface area contributed by atoms with Crippen LogP contribution in [-0.4, -0.2) is 23.9 Å². The number of hydrogen-bond donors (Lipinski definition) is 0. The van der Waals surface area contributed by atoms with E-state index in [0.717, 1.165) is 46.9 Å². The number of benzene rings is 2. The Balaban J connectivity index is 1.49. The summed E-state index contributed by atoms with van der Waals surface area (Å²) in [5.74, 6) is -1.06. The van der Waals surface area contributed by atoms with Gasteiger partial charge in [-0.1, -0.05) is 17.4 Å². The summed E-state index contributed by atoms with van der Waals surface area (Å²) in [7, 11) is 0. The minimum Gasteiger partial charge on any atom is -0.271 e. The zero-order valence-corrected chi connectivity index (χ0v) is 15.1. The molecule has 0 aromatic heterocycles. The van der Waals surface area contributed by atoms with Crippen LogP contribution < -0.4 is 9.91 Å². The summed E-state index contributed by atoms with van der Waals surface area (Å²) in [6, 6.07) is 7.82. The quantitative estimate of drug-likeness (QED) is 0.723. The molecule has 0 saturated carbocycles.